The maximum atomic E-state index is 13.0. The summed E-state index contributed by atoms with van der Waals surface area (Å²) in [5.74, 6) is -0.169. The Bertz CT molecular complexity index is 612. The molecule has 8 heteroatoms. The van der Waals surface area contributed by atoms with Gasteiger partial charge in [0.15, 0.2) is 5.82 Å². The highest BCUT2D eigenvalue weighted by Crippen LogP contribution is 2.38. The van der Waals surface area contributed by atoms with Crippen molar-refractivity contribution in [2.45, 2.75) is 6.18 Å². The summed E-state index contributed by atoms with van der Waals surface area (Å²) in [6.45, 7) is 0. The first-order valence-electron chi connectivity index (χ1n) is 4.84. The van der Waals surface area contributed by atoms with Crippen molar-refractivity contribution in [3.63, 3.8) is 0 Å². The highest BCUT2D eigenvalue weighted by molar-refractivity contribution is 9.10. The largest absolute Gasteiger partial charge is 0.417 e. The zero-order valence-corrected chi connectivity index (χ0v) is 12.1. The molecule has 0 aliphatic rings. The molecule has 0 bridgehead atoms. The Labute approximate surface area is 124 Å². The molecule has 2 nitrogen and oxygen atoms in total. The Balaban J connectivity index is 2.68. The number of hydrogen-bond donors (Lipinski definition) is 0. The van der Waals surface area contributed by atoms with Crippen LogP contribution in [0.2, 0.25) is 10.3 Å². The lowest BCUT2D eigenvalue weighted by Gasteiger charge is -2.12. The Morgan fingerprint density at radius 2 is 1.58 bits per heavy atom. The van der Waals surface area contributed by atoms with E-state index in [0.29, 0.717) is 4.47 Å². The van der Waals surface area contributed by atoms with E-state index >= 15 is 0 Å². The second kappa shape index (κ2) is 5.26. The molecule has 0 N–H and O–H groups in total. The first-order valence-corrected chi connectivity index (χ1v) is 6.39. The minimum Gasteiger partial charge on any atom is -0.216 e. The molecule has 19 heavy (non-hydrogen) atoms. The summed E-state index contributed by atoms with van der Waals surface area (Å²) in [5.41, 5.74) is -1.04. The Morgan fingerprint density at radius 3 is 2.11 bits per heavy atom. The van der Waals surface area contributed by atoms with Crippen LogP contribution in [0.3, 0.4) is 0 Å². The van der Waals surface area contributed by atoms with Crippen molar-refractivity contribution in [1.29, 1.82) is 0 Å². The molecule has 0 aliphatic heterocycles. The van der Waals surface area contributed by atoms with Crippen LogP contribution in [0, 0.1) is 0 Å². The third-order valence-electron chi connectivity index (χ3n) is 2.19. The second-order valence-electron chi connectivity index (χ2n) is 3.52. The van der Waals surface area contributed by atoms with E-state index < -0.39 is 11.7 Å². The fraction of sp³-hybridized carbons (Fsp3) is 0.0909. The maximum absolute atomic E-state index is 13.0. The average molecular weight is 372 g/mol. The van der Waals surface area contributed by atoms with Crippen LogP contribution < -0.4 is 0 Å². The molecule has 0 saturated carbocycles. The summed E-state index contributed by atoms with van der Waals surface area (Å²) in [7, 11) is 0. The molecule has 0 spiro atoms. The SMILES string of the molecule is FC(F)(F)c1cc(Br)ccc1-c1nc(Cl)cc(Cl)n1. The van der Waals surface area contributed by atoms with Crippen LogP contribution in [-0.2, 0) is 6.18 Å². The lowest BCUT2D eigenvalue weighted by atomic mass is 10.1. The first kappa shape index (κ1) is 14.6. The number of halogens is 6. The predicted molar refractivity (Wildman–Crippen MR) is 70.2 cm³/mol. The van der Waals surface area contributed by atoms with Crippen molar-refractivity contribution in [2.75, 3.05) is 0 Å². The van der Waals surface area contributed by atoms with Gasteiger partial charge in [-0.2, -0.15) is 13.2 Å². The van der Waals surface area contributed by atoms with Gasteiger partial charge in [0.05, 0.1) is 5.56 Å². The predicted octanol–water partition coefficient (Wildman–Crippen LogP) is 5.23. The molecule has 0 atom stereocenters. The second-order valence-corrected chi connectivity index (χ2v) is 5.21. The molecule has 0 aliphatic carbocycles. The van der Waals surface area contributed by atoms with Crippen molar-refractivity contribution in [3.8, 4) is 11.4 Å². The van der Waals surface area contributed by atoms with E-state index in [1.54, 1.807) is 0 Å². The van der Waals surface area contributed by atoms with Crippen LogP contribution in [0.15, 0.2) is 28.7 Å². The summed E-state index contributed by atoms with van der Waals surface area (Å²) >= 11 is 14.3. The molecule has 0 radical (unpaired) electrons. The van der Waals surface area contributed by atoms with Crippen LogP contribution in [0.5, 0.6) is 0 Å². The van der Waals surface area contributed by atoms with Gasteiger partial charge in [0.2, 0.25) is 0 Å². The molecule has 2 aromatic rings. The molecule has 1 aromatic heterocycles. The molecule has 2 rings (SSSR count). The van der Waals surface area contributed by atoms with Crippen molar-refractivity contribution >= 4 is 39.1 Å². The summed E-state index contributed by atoms with van der Waals surface area (Å²) in [4.78, 5) is 7.53. The van der Waals surface area contributed by atoms with Gasteiger partial charge in [-0.3, -0.25) is 0 Å². The van der Waals surface area contributed by atoms with E-state index in [4.69, 9.17) is 23.2 Å². The Morgan fingerprint density at radius 1 is 1.00 bits per heavy atom. The maximum Gasteiger partial charge on any atom is 0.417 e. The van der Waals surface area contributed by atoms with Crippen molar-refractivity contribution < 1.29 is 13.2 Å². The number of aromatic nitrogens is 2. The van der Waals surface area contributed by atoms with Crippen LogP contribution in [0.1, 0.15) is 5.56 Å². The summed E-state index contributed by atoms with van der Waals surface area (Å²) in [6.07, 6.45) is -4.53. The lowest BCUT2D eigenvalue weighted by Crippen LogP contribution is -2.08. The molecule has 0 fully saturated rings. The molecular weight excluding hydrogens is 368 g/mol. The molecule has 0 saturated heterocycles. The van der Waals surface area contributed by atoms with Crippen LogP contribution in [0.4, 0.5) is 13.2 Å². The number of nitrogens with zero attached hydrogens (tertiary/aromatic N) is 2. The molecule has 0 amide bonds. The van der Waals surface area contributed by atoms with Crippen LogP contribution >= 0.6 is 39.1 Å². The van der Waals surface area contributed by atoms with Gasteiger partial charge >= 0.3 is 6.18 Å². The topological polar surface area (TPSA) is 25.8 Å². The average Bonchev–Trinajstić information content (AvgIpc) is 2.26. The highest BCUT2D eigenvalue weighted by atomic mass is 79.9. The third kappa shape index (κ3) is 3.38. The van der Waals surface area contributed by atoms with Gasteiger partial charge in [0.25, 0.3) is 0 Å². The van der Waals surface area contributed by atoms with Crippen molar-refractivity contribution in [3.05, 3.63) is 44.6 Å². The zero-order chi connectivity index (χ0) is 14.2. The number of hydrogen-bond acceptors (Lipinski definition) is 2. The molecule has 0 unspecified atom stereocenters. The minimum absolute atomic E-state index is 0.0222. The number of alkyl halides is 3. The Kier molecular flexibility index (Phi) is 4.03. The number of benzene rings is 1. The van der Waals surface area contributed by atoms with Gasteiger partial charge in [-0.1, -0.05) is 39.1 Å². The third-order valence-corrected chi connectivity index (χ3v) is 3.07. The van der Waals surface area contributed by atoms with E-state index in [1.807, 2.05) is 0 Å². The van der Waals surface area contributed by atoms with Gasteiger partial charge in [-0.25, -0.2) is 9.97 Å². The van der Waals surface area contributed by atoms with E-state index in [1.165, 1.54) is 18.2 Å². The van der Waals surface area contributed by atoms with Gasteiger partial charge in [0, 0.05) is 16.1 Å². The van der Waals surface area contributed by atoms with Crippen molar-refractivity contribution in [2.24, 2.45) is 0 Å². The summed E-state index contributed by atoms with van der Waals surface area (Å²) < 4.78 is 39.2. The minimum atomic E-state index is -4.53. The monoisotopic (exact) mass is 370 g/mol. The van der Waals surface area contributed by atoms with Crippen LogP contribution in [0.25, 0.3) is 11.4 Å². The molecule has 1 aromatic carbocycles. The summed E-state index contributed by atoms with van der Waals surface area (Å²) in [6, 6.07) is 4.92. The molecule has 1 heterocycles. The molecular formula is C11H4BrCl2F3N2. The van der Waals surface area contributed by atoms with E-state index in [-0.39, 0.29) is 21.7 Å². The first-order chi connectivity index (χ1) is 8.77. The van der Waals surface area contributed by atoms with E-state index in [2.05, 4.69) is 25.9 Å². The van der Waals surface area contributed by atoms with Crippen LogP contribution in [-0.4, -0.2) is 9.97 Å². The zero-order valence-electron chi connectivity index (χ0n) is 8.97. The van der Waals surface area contributed by atoms with Crippen molar-refractivity contribution in [1.82, 2.24) is 9.97 Å². The lowest BCUT2D eigenvalue weighted by molar-refractivity contribution is -0.137. The highest BCUT2D eigenvalue weighted by Gasteiger charge is 2.34. The van der Waals surface area contributed by atoms with Gasteiger partial charge < -0.3 is 0 Å². The fourth-order valence-corrected chi connectivity index (χ4v) is 2.24. The quantitative estimate of drug-likeness (QED) is 0.641. The van der Waals surface area contributed by atoms with E-state index in [0.717, 1.165) is 6.07 Å². The smallest absolute Gasteiger partial charge is 0.216 e. The Hall–Kier alpha value is -0.850. The van der Waals surface area contributed by atoms with E-state index in [9.17, 15) is 13.2 Å². The van der Waals surface area contributed by atoms with Gasteiger partial charge in [0.1, 0.15) is 10.3 Å². The van der Waals surface area contributed by atoms with Gasteiger partial charge in [-0.05, 0) is 18.2 Å². The number of rotatable bonds is 1. The van der Waals surface area contributed by atoms with Gasteiger partial charge in [-0.15, -0.1) is 0 Å². The summed E-state index contributed by atoms with van der Waals surface area (Å²) in [5, 5.41) is -0.0444. The standard InChI is InChI=1S/C11H4BrCl2F3N2/c12-5-1-2-6(7(3-5)11(15,16)17)10-18-8(13)4-9(14)19-10/h1-4H. The fourth-order valence-electron chi connectivity index (χ4n) is 1.46. The normalized spacial score (nSPS) is 11.7. The molecule has 100 valence electrons.